The number of amides is 1. The largest absolute Gasteiger partial charge is 0.338 e. The van der Waals surface area contributed by atoms with Gasteiger partial charge in [-0.25, -0.2) is 0 Å². The topological polar surface area (TPSA) is 52.9 Å². The van der Waals surface area contributed by atoms with Crippen molar-refractivity contribution in [2.24, 2.45) is 0 Å². The van der Waals surface area contributed by atoms with Gasteiger partial charge in [0.1, 0.15) is 5.54 Å². The normalized spacial score (nSPS) is 19.0. The predicted molar refractivity (Wildman–Crippen MR) is 45.2 cm³/mol. The molecule has 0 heterocycles. The van der Waals surface area contributed by atoms with Crippen molar-refractivity contribution in [3.05, 3.63) is 0 Å². The van der Waals surface area contributed by atoms with Crippen molar-refractivity contribution in [3.63, 3.8) is 0 Å². The lowest BCUT2D eigenvalue weighted by Gasteiger charge is -2.35. The van der Waals surface area contributed by atoms with Gasteiger partial charge in [-0.3, -0.25) is 4.79 Å². The number of rotatable bonds is 3. The molecule has 12 heavy (non-hydrogen) atoms. The van der Waals surface area contributed by atoms with Crippen molar-refractivity contribution in [3.8, 4) is 6.07 Å². The Morgan fingerprint density at radius 2 is 2.33 bits per heavy atom. The Kier molecular flexibility index (Phi) is 2.69. The van der Waals surface area contributed by atoms with Crippen molar-refractivity contribution in [2.75, 3.05) is 0 Å². The second-order valence-corrected chi connectivity index (χ2v) is 3.35. The van der Waals surface area contributed by atoms with Crippen LogP contribution in [0.3, 0.4) is 0 Å². The van der Waals surface area contributed by atoms with Crippen LogP contribution in [0.5, 0.6) is 0 Å². The van der Waals surface area contributed by atoms with Crippen LogP contribution in [0.2, 0.25) is 0 Å². The van der Waals surface area contributed by atoms with E-state index in [9.17, 15) is 4.79 Å². The summed E-state index contributed by atoms with van der Waals surface area (Å²) in [4.78, 5) is 11.1. The zero-order valence-corrected chi connectivity index (χ0v) is 7.39. The molecule has 0 unspecified atom stereocenters. The Morgan fingerprint density at radius 3 is 2.67 bits per heavy atom. The molecule has 1 aliphatic rings. The minimum atomic E-state index is -0.508. The maximum Gasteiger partial charge on any atom is 0.221 e. The van der Waals surface area contributed by atoms with E-state index in [1.165, 1.54) is 0 Å². The van der Waals surface area contributed by atoms with E-state index in [-0.39, 0.29) is 5.91 Å². The minimum Gasteiger partial charge on any atom is -0.338 e. The van der Waals surface area contributed by atoms with Gasteiger partial charge in [0.15, 0.2) is 0 Å². The van der Waals surface area contributed by atoms with E-state index in [0.29, 0.717) is 6.42 Å². The fourth-order valence-corrected chi connectivity index (χ4v) is 1.35. The van der Waals surface area contributed by atoms with Crippen LogP contribution in [-0.4, -0.2) is 11.4 Å². The molecule has 1 rings (SSSR count). The first-order valence-corrected chi connectivity index (χ1v) is 4.45. The number of nitrogens with one attached hydrogen (secondary N) is 1. The molecule has 1 N–H and O–H groups in total. The highest BCUT2D eigenvalue weighted by atomic mass is 16.1. The Bertz CT molecular complexity index is 213. The molecular weight excluding hydrogens is 152 g/mol. The molecule has 1 aliphatic carbocycles. The molecule has 3 heteroatoms. The quantitative estimate of drug-likeness (QED) is 0.688. The van der Waals surface area contributed by atoms with Crippen LogP contribution >= 0.6 is 0 Å². The van der Waals surface area contributed by atoms with Crippen LogP contribution in [-0.2, 0) is 4.79 Å². The van der Waals surface area contributed by atoms with Crippen LogP contribution in [0, 0.1) is 11.3 Å². The van der Waals surface area contributed by atoms with E-state index in [4.69, 9.17) is 5.26 Å². The monoisotopic (exact) mass is 166 g/mol. The molecule has 0 aromatic carbocycles. The lowest BCUT2D eigenvalue weighted by molar-refractivity contribution is -0.123. The van der Waals surface area contributed by atoms with E-state index in [0.717, 1.165) is 25.7 Å². The summed E-state index contributed by atoms with van der Waals surface area (Å²) in [5.41, 5.74) is -0.508. The molecule has 1 fully saturated rings. The van der Waals surface area contributed by atoms with Crippen molar-refractivity contribution in [1.82, 2.24) is 5.32 Å². The summed E-state index contributed by atoms with van der Waals surface area (Å²) in [6.45, 7) is 1.96. The van der Waals surface area contributed by atoms with Gasteiger partial charge in [0.05, 0.1) is 6.07 Å². The number of carbonyl (C=O) groups is 1. The van der Waals surface area contributed by atoms with E-state index < -0.39 is 5.54 Å². The molecular formula is C9H14N2O. The van der Waals surface area contributed by atoms with E-state index in [2.05, 4.69) is 11.4 Å². The molecule has 0 aromatic heterocycles. The van der Waals surface area contributed by atoms with Gasteiger partial charge in [-0.05, 0) is 25.7 Å². The maximum atomic E-state index is 11.1. The van der Waals surface area contributed by atoms with Gasteiger partial charge >= 0.3 is 0 Å². The number of hydrogen-bond acceptors (Lipinski definition) is 2. The third-order valence-corrected chi connectivity index (χ3v) is 2.28. The van der Waals surface area contributed by atoms with Gasteiger partial charge in [0.2, 0.25) is 5.91 Å². The lowest BCUT2D eigenvalue weighted by atomic mass is 9.78. The van der Waals surface area contributed by atoms with Crippen LogP contribution in [0.4, 0.5) is 0 Å². The maximum absolute atomic E-state index is 11.1. The summed E-state index contributed by atoms with van der Waals surface area (Å²) in [5.74, 6) is 0.0127. The first-order chi connectivity index (χ1) is 5.72. The number of carbonyl (C=O) groups excluding carboxylic acids is 1. The molecule has 1 amide bonds. The predicted octanol–water partition coefficient (Wildman–Crippen LogP) is 1.35. The van der Waals surface area contributed by atoms with Crippen LogP contribution in [0.25, 0.3) is 0 Å². The summed E-state index contributed by atoms with van der Waals surface area (Å²) in [7, 11) is 0. The van der Waals surface area contributed by atoms with E-state index >= 15 is 0 Å². The minimum absolute atomic E-state index is 0.0127. The Labute approximate surface area is 72.8 Å². The Hall–Kier alpha value is -1.04. The fraction of sp³-hybridized carbons (Fsp3) is 0.778. The van der Waals surface area contributed by atoms with Gasteiger partial charge in [0, 0.05) is 6.42 Å². The average Bonchev–Trinajstić information content (AvgIpc) is 1.97. The molecule has 0 aliphatic heterocycles. The first-order valence-electron chi connectivity index (χ1n) is 4.45. The number of hydrogen-bond donors (Lipinski definition) is 1. The smallest absolute Gasteiger partial charge is 0.221 e. The SMILES string of the molecule is CCCC(=O)NC1(C#N)CCC1. The van der Waals surface area contributed by atoms with E-state index in [1.54, 1.807) is 0 Å². The molecule has 0 saturated heterocycles. The zero-order valence-electron chi connectivity index (χ0n) is 7.39. The van der Waals surface area contributed by atoms with Gasteiger partial charge in [0.25, 0.3) is 0 Å². The Balaban J connectivity index is 2.39. The van der Waals surface area contributed by atoms with Crippen molar-refractivity contribution in [1.29, 1.82) is 5.26 Å². The molecule has 0 aromatic rings. The molecule has 0 spiro atoms. The van der Waals surface area contributed by atoms with Crippen LogP contribution in [0.1, 0.15) is 39.0 Å². The second-order valence-electron chi connectivity index (χ2n) is 3.35. The highest BCUT2D eigenvalue weighted by Crippen LogP contribution is 2.30. The lowest BCUT2D eigenvalue weighted by Crippen LogP contribution is -2.52. The van der Waals surface area contributed by atoms with Crippen LogP contribution in [0.15, 0.2) is 0 Å². The Morgan fingerprint density at radius 1 is 1.67 bits per heavy atom. The van der Waals surface area contributed by atoms with Crippen molar-refractivity contribution >= 4 is 5.91 Å². The highest BCUT2D eigenvalue weighted by Gasteiger charge is 2.38. The molecule has 0 radical (unpaired) electrons. The van der Waals surface area contributed by atoms with Gasteiger partial charge in [-0.15, -0.1) is 0 Å². The third kappa shape index (κ3) is 1.76. The highest BCUT2D eigenvalue weighted by molar-refractivity contribution is 5.77. The molecule has 0 bridgehead atoms. The van der Waals surface area contributed by atoms with Gasteiger partial charge in [-0.2, -0.15) is 5.26 Å². The summed E-state index contributed by atoms with van der Waals surface area (Å²) >= 11 is 0. The van der Waals surface area contributed by atoms with Crippen molar-refractivity contribution in [2.45, 2.75) is 44.6 Å². The summed E-state index contributed by atoms with van der Waals surface area (Å²) in [6, 6.07) is 2.17. The van der Waals surface area contributed by atoms with Crippen LogP contribution < -0.4 is 5.32 Å². The summed E-state index contributed by atoms with van der Waals surface area (Å²) in [6.07, 6.45) is 4.06. The molecule has 66 valence electrons. The first kappa shape index (κ1) is 9.05. The molecule has 1 saturated carbocycles. The molecule has 3 nitrogen and oxygen atoms in total. The van der Waals surface area contributed by atoms with Gasteiger partial charge < -0.3 is 5.32 Å². The third-order valence-electron chi connectivity index (χ3n) is 2.28. The number of nitrogens with zero attached hydrogens (tertiary/aromatic N) is 1. The van der Waals surface area contributed by atoms with Gasteiger partial charge in [-0.1, -0.05) is 6.92 Å². The summed E-state index contributed by atoms with van der Waals surface area (Å²) in [5, 5.41) is 11.6. The number of nitriles is 1. The van der Waals surface area contributed by atoms with E-state index in [1.807, 2.05) is 6.92 Å². The zero-order chi connectivity index (χ0) is 9.03. The standard InChI is InChI=1S/C9H14N2O/c1-2-4-8(12)11-9(7-10)5-3-6-9/h2-6H2,1H3,(H,11,12). The van der Waals surface area contributed by atoms with Crippen molar-refractivity contribution < 1.29 is 4.79 Å². The fourth-order valence-electron chi connectivity index (χ4n) is 1.35. The average molecular weight is 166 g/mol. The second kappa shape index (κ2) is 3.57. The summed E-state index contributed by atoms with van der Waals surface area (Å²) < 4.78 is 0. The molecule has 0 atom stereocenters.